The Hall–Kier alpha value is -0.380. The fraction of sp³-hybridized carbons (Fsp3) is 0.222. The number of halogens is 1. The van der Waals surface area contributed by atoms with Gasteiger partial charge in [0.25, 0.3) is 0 Å². The van der Waals surface area contributed by atoms with E-state index < -0.39 is 0 Å². The van der Waals surface area contributed by atoms with Crippen LogP contribution in [0.5, 0.6) is 0 Å². The quantitative estimate of drug-likeness (QED) is 0.590. The van der Waals surface area contributed by atoms with Crippen LogP contribution in [0.1, 0.15) is 22.8 Å². The average Bonchev–Trinajstić information content (AvgIpc) is 2.05. The van der Waals surface area contributed by atoms with Crippen molar-refractivity contribution in [3.63, 3.8) is 0 Å². The topological polar surface area (TPSA) is 17.1 Å². The molecule has 0 aromatic heterocycles. The van der Waals surface area contributed by atoms with Gasteiger partial charge in [-0.2, -0.15) is 0 Å². The molecule has 0 saturated carbocycles. The van der Waals surface area contributed by atoms with Crippen LogP contribution in [0.15, 0.2) is 24.3 Å². The summed E-state index contributed by atoms with van der Waals surface area (Å²) in [7, 11) is 0. The predicted molar refractivity (Wildman–Crippen MR) is 54.2 cm³/mol. The van der Waals surface area contributed by atoms with E-state index in [2.05, 4.69) is 6.92 Å². The molecule has 1 rings (SSSR count). The van der Waals surface area contributed by atoms with Crippen LogP contribution in [-0.2, 0) is 6.42 Å². The van der Waals surface area contributed by atoms with Crippen molar-refractivity contribution >= 4 is 26.4 Å². The third-order valence-corrected chi connectivity index (χ3v) is 2.19. The highest BCUT2D eigenvalue weighted by molar-refractivity contribution is 14.1. The van der Waals surface area contributed by atoms with Gasteiger partial charge in [-0.15, -0.1) is 0 Å². The third-order valence-electron chi connectivity index (χ3n) is 1.56. The molecule has 11 heavy (non-hydrogen) atoms. The normalized spacial score (nSPS) is 9.64. The van der Waals surface area contributed by atoms with E-state index in [1.807, 2.05) is 24.3 Å². The Morgan fingerprint density at radius 3 is 2.82 bits per heavy atom. The molecule has 1 aromatic rings. The van der Waals surface area contributed by atoms with E-state index in [1.165, 1.54) is 5.56 Å². The number of hydrogen-bond acceptors (Lipinski definition) is 1. The maximum absolute atomic E-state index is 10.9. The molecule has 0 aliphatic rings. The molecule has 0 unspecified atom stereocenters. The van der Waals surface area contributed by atoms with Gasteiger partial charge < -0.3 is 0 Å². The van der Waals surface area contributed by atoms with Crippen molar-refractivity contribution in [2.75, 3.05) is 0 Å². The van der Waals surface area contributed by atoms with Crippen molar-refractivity contribution in [2.24, 2.45) is 0 Å². The molecular weight excluding hydrogens is 251 g/mol. The molecule has 0 aliphatic heterocycles. The first-order valence-corrected chi connectivity index (χ1v) is 4.60. The average molecular weight is 260 g/mol. The summed E-state index contributed by atoms with van der Waals surface area (Å²) in [5.41, 5.74) is 2.01. The summed E-state index contributed by atoms with van der Waals surface area (Å²) in [6.07, 6.45) is 0.984. The number of benzene rings is 1. The zero-order valence-electron chi connectivity index (χ0n) is 6.30. The number of carbonyl (C=O) groups excluding carboxylic acids is 1. The van der Waals surface area contributed by atoms with Crippen molar-refractivity contribution < 1.29 is 4.79 Å². The third kappa shape index (κ3) is 2.29. The molecule has 0 N–H and O–H groups in total. The first kappa shape index (κ1) is 8.71. The minimum Gasteiger partial charge on any atom is -0.282 e. The van der Waals surface area contributed by atoms with Gasteiger partial charge in [-0.25, -0.2) is 0 Å². The summed E-state index contributed by atoms with van der Waals surface area (Å²) >= 11 is 1.80. The Balaban J connectivity index is 3.01. The van der Waals surface area contributed by atoms with Crippen LogP contribution >= 0.6 is 22.6 Å². The molecular formula is C9H9IO. The Morgan fingerprint density at radius 1 is 1.55 bits per heavy atom. The highest BCUT2D eigenvalue weighted by Gasteiger charge is 1.99. The lowest BCUT2D eigenvalue weighted by molar-refractivity contribution is 0.110. The molecule has 2 heteroatoms. The van der Waals surface area contributed by atoms with Gasteiger partial charge >= 0.3 is 0 Å². The minimum atomic E-state index is 0.109. The molecule has 1 nitrogen and oxygen atoms in total. The van der Waals surface area contributed by atoms with Crippen LogP contribution in [0.2, 0.25) is 0 Å². The van der Waals surface area contributed by atoms with E-state index >= 15 is 0 Å². The Kier molecular flexibility index (Phi) is 3.05. The van der Waals surface area contributed by atoms with E-state index in [4.69, 9.17) is 0 Å². The van der Waals surface area contributed by atoms with Gasteiger partial charge in [-0.1, -0.05) is 25.1 Å². The summed E-state index contributed by atoms with van der Waals surface area (Å²) in [6.45, 7) is 2.08. The van der Waals surface area contributed by atoms with Crippen LogP contribution < -0.4 is 0 Å². The molecule has 0 fully saturated rings. The Bertz CT molecular complexity index is 268. The molecule has 1 aromatic carbocycles. The second kappa shape index (κ2) is 3.85. The second-order valence-corrected chi connectivity index (χ2v) is 3.31. The van der Waals surface area contributed by atoms with E-state index in [1.54, 1.807) is 22.6 Å². The van der Waals surface area contributed by atoms with Crippen LogP contribution in [0.4, 0.5) is 0 Å². The smallest absolute Gasteiger partial charge is 0.222 e. The van der Waals surface area contributed by atoms with Crippen molar-refractivity contribution in [1.29, 1.82) is 0 Å². The first-order valence-electron chi connectivity index (χ1n) is 3.53. The Morgan fingerprint density at radius 2 is 2.27 bits per heavy atom. The summed E-state index contributed by atoms with van der Waals surface area (Å²) < 4.78 is 0.109. The van der Waals surface area contributed by atoms with Gasteiger partial charge in [0.1, 0.15) is 0 Å². The summed E-state index contributed by atoms with van der Waals surface area (Å²) in [5, 5.41) is 0. The van der Waals surface area contributed by atoms with Crippen LogP contribution in [0, 0.1) is 0 Å². The first-order chi connectivity index (χ1) is 5.24. The van der Waals surface area contributed by atoms with Gasteiger partial charge in [0.15, 0.2) is 0 Å². The largest absolute Gasteiger partial charge is 0.282 e. The maximum atomic E-state index is 10.9. The van der Waals surface area contributed by atoms with Crippen molar-refractivity contribution in [3.05, 3.63) is 35.4 Å². The molecule has 0 amide bonds. The number of aryl methyl sites for hydroxylation is 1. The summed E-state index contributed by atoms with van der Waals surface area (Å²) in [6, 6.07) is 7.73. The lowest BCUT2D eigenvalue weighted by Crippen LogP contribution is -1.89. The van der Waals surface area contributed by atoms with E-state index in [-0.39, 0.29) is 3.79 Å². The monoisotopic (exact) mass is 260 g/mol. The number of carbonyl (C=O) groups is 1. The van der Waals surface area contributed by atoms with Crippen LogP contribution in [-0.4, -0.2) is 3.79 Å². The van der Waals surface area contributed by atoms with Crippen LogP contribution in [0.3, 0.4) is 0 Å². The SMILES string of the molecule is CCc1cccc(C(=O)I)c1. The number of hydrogen-bond donors (Lipinski definition) is 0. The molecule has 0 radical (unpaired) electrons. The summed E-state index contributed by atoms with van der Waals surface area (Å²) in [5.74, 6) is 0. The lowest BCUT2D eigenvalue weighted by atomic mass is 10.1. The van der Waals surface area contributed by atoms with Gasteiger partial charge in [0.2, 0.25) is 3.79 Å². The van der Waals surface area contributed by atoms with E-state index in [0.717, 1.165) is 12.0 Å². The molecule has 0 spiro atoms. The fourth-order valence-corrected chi connectivity index (χ4v) is 1.25. The van der Waals surface area contributed by atoms with Gasteiger partial charge in [0.05, 0.1) is 0 Å². The zero-order valence-corrected chi connectivity index (χ0v) is 8.46. The lowest BCUT2D eigenvalue weighted by Gasteiger charge is -1.97. The maximum Gasteiger partial charge on any atom is 0.222 e. The fourth-order valence-electron chi connectivity index (χ4n) is 0.914. The summed E-state index contributed by atoms with van der Waals surface area (Å²) in [4.78, 5) is 10.9. The van der Waals surface area contributed by atoms with Gasteiger partial charge in [-0.05, 0) is 18.1 Å². The van der Waals surface area contributed by atoms with Gasteiger partial charge in [0, 0.05) is 28.2 Å². The van der Waals surface area contributed by atoms with E-state index in [9.17, 15) is 4.79 Å². The molecule has 0 atom stereocenters. The highest BCUT2D eigenvalue weighted by Crippen LogP contribution is 2.09. The predicted octanol–water partition coefficient (Wildman–Crippen LogP) is 2.82. The highest BCUT2D eigenvalue weighted by atomic mass is 127. The van der Waals surface area contributed by atoms with Crippen molar-refractivity contribution in [3.8, 4) is 0 Å². The molecule has 0 saturated heterocycles. The molecule has 0 heterocycles. The Labute approximate surface area is 79.9 Å². The van der Waals surface area contributed by atoms with Gasteiger partial charge in [-0.3, -0.25) is 4.79 Å². The van der Waals surface area contributed by atoms with Crippen molar-refractivity contribution in [1.82, 2.24) is 0 Å². The van der Waals surface area contributed by atoms with E-state index in [0.29, 0.717) is 0 Å². The van der Waals surface area contributed by atoms with Crippen molar-refractivity contribution in [2.45, 2.75) is 13.3 Å². The zero-order chi connectivity index (χ0) is 8.27. The minimum absolute atomic E-state index is 0.109. The molecule has 0 aliphatic carbocycles. The molecule has 58 valence electrons. The second-order valence-electron chi connectivity index (χ2n) is 2.33. The number of rotatable bonds is 2. The molecule has 0 bridgehead atoms. The van der Waals surface area contributed by atoms with Crippen LogP contribution in [0.25, 0.3) is 0 Å². The standard InChI is InChI=1S/C9H9IO/c1-2-7-4-3-5-8(6-7)9(10)11/h3-6H,2H2,1H3.